The molecule has 0 radical (unpaired) electrons. The first-order valence-corrected chi connectivity index (χ1v) is 9.12. The lowest BCUT2D eigenvalue weighted by Gasteiger charge is -2.45. The van der Waals surface area contributed by atoms with Gasteiger partial charge in [0.25, 0.3) is 0 Å². The Morgan fingerprint density at radius 3 is 2.29 bits per heavy atom. The maximum absolute atomic E-state index is 6.83. The second-order valence-corrected chi connectivity index (χ2v) is 9.15. The third-order valence-electron chi connectivity index (χ3n) is 7.79. The molecule has 3 fully saturated rings. The summed E-state index contributed by atoms with van der Waals surface area (Å²) in [6.07, 6.45) is 7.53. The summed E-state index contributed by atoms with van der Waals surface area (Å²) in [5.41, 5.74) is 0.844. The van der Waals surface area contributed by atoms with E-state index in [0.29, 0.717) is 35.0 Å². The number of nitrogens with one attached hydrogen (secondary N) is 1. The minimum Gasteiger partial charge on any atom is -0.372 e. The molecule has 0 aromatic carbocycles. The lowest BCUT2D eigenvalue weighted by molar-refractivity contribution is -0.127. The van der Waals surface area contributed by atoms with Crippen molar-refractivity contribution >= 4 is 0 Å². The summed E-state index contributed by atoms with van der Waals surface area (Å²) in [6.45, 7) is 12.2. The van der Waals surface area contributed by atoms with Crippen LogP contribution < -0.4 is 5.32 Å². The molecule has 3 aliphatic rings. The summed E-state index contributed by atoms with van der Waals surface area (Å²) in [4.78, 5) is 0. The van der Waals surface area contributed by atoms with Gasteiger partial charge in [0.1, 0.15) is 0 Å². The molecule has 2 heteroatoms. The molecule has 7 atom stereocenters. The normalized spacial score (nSPS) is 52.3. The molecular formula is C19H35NO. The number of likely N-dealkylation sites (N-methyl/N-ethyl adjacent to an activating group) is 1. The topological polar surface area (TPSA) is 21.3 Å². The summed E-state index contributed by atoms with van der Waals surface area (Å²) >= 11 is 0. The van der Waals surface area contributed by atoms with Crippen molar-refractivity contribution in [2.45, 2.75) is 85.0 Å². The van der Waals surface area contributed by atoms with Gasteiger partial charge in [0, 0.05) is 6.04 Å². The minimum atomic E-state index is 0.388. The lowest BCUT2D eigenvalue weighted by Crippen LogP contribution is -2.51. The Morgan fingerprint density at radius 1 is 1.05 bits per heavy atom. The van der Waals surface area contributed by atoms with Crippen molar-refractivity contribution in [2.24, 2.45) is 28.6 Å². The Hall–Kier alpha value is -0.0800. The predicted molar refractivity (Wildman–Crippen MR) is 88.3 cm³/mol. The van der Waals surface area contributed by atoms with E-state index in [1.165, 1.54) is 32.1 Å². The molecule has 0 spiro atoms. The molecule has 122 valence electrons. The quantitative estimate of drug-likeness (QED) is 0.840. The van der Waals surface area contributed by atoms with Gasteiger partial charge in [-0.2, -0.15) is 0 Å². The molecule has 0 aromatic heterocycles. The Balaban J connectivity index is 1.75. The molecule has 21 heavy (non-hydrogen) atoms. The van der Waals surface area contributed by atoms with Crippen LogP contribution in [0.5, 0.6) is 0 Å². The van der Waals surface area contributed by atoms with Gasteiger partial charge in [0.2, 0.25) is 0 Å². The molecule has 3 aliphatic carbocycles. The highest BCUT2D eigenvalue weighted by Gasteiger charge is 2.62. The molecule has 3 rings (SSSR count). The largest absolute Gasteiger partial charge is 0.372 e. The molecular weight excluding hydrogens is 258 g/mol. The SMILES string of the molecule is CNC1CC(C)CC(C)C1OC1CC2CCC1(C)C2(C)C. The maximum Gasteiger partial charge on any atom is 0.0757 e. The van der Waals surface area contributed by atoms with E-state index >= 15 is 0 Å². The number of hydrogen-bond acceptors (Lipinski definition) is 2. The predicted octanol–water partition coefficient (Wildman–Crippen LogP) is 4.24. The summed E-state index contributed by atoms with van der Waals surface area (Å²) in [7, 11) is 2.11. The molecule has 3 saturated carbocycles. The van der Waals surface area contributed by atoms with Crippen molar-refractivity contribution < 1.29 is 4.74 Å². The Labute approximate surface area is 131 Å². The maximum atomic E-state index is 6.83. The third kappa shape index (κ3) is 2.28. The first-order valence-electron chi connectivity index (χ1n) is 9.12. The van der Waals surface area contributed by atoms with E-state index < -0.39 is 0 Å². The molecule has 7 unspecified atom stereocenters. The van der Waals surface area contributed by atoms with E-state index in [4.69, 9.17) is 4.74 Å². The lowest BCUT2D eigenvalue weighted by atomic mass is 9.69. The molecule has 0 saturated heterocycles. The van der Waals surface area contributed by atoms with Crippen molar-refractivity contribution in [3.8, 4) is 0 Å². The highest BCUT2D eigenvalue weighted by Crippen LogP contribution is 2.66. The summed E-state index contributed by atoms with van der Waals surface area (Å²) in [5.74, 6) is 2.37. The van der Waals surface area contributed by atoms with Gasteiger partial charge in [-0.1, -0.05) is 34.6 Å². The molecule has 0 aliphatic heterocycles. The fraction of sp³-hybridized carbons (Fsp3) is 1.00. The van der Waals surface area contributed by atoms with E-state index in [9.17, 15) is 0 Å². The van der Waals surface area contributed by atoms with Crippen molar-refractivity contribution in [1.29, 1.82) is 0 Å². The molecule has 2 bridgehead atoms. The number of ether oxygens (including phenoxy) is 1. The molecule has 0 amide bonds. The van der Waals surface area contributed by atoms with Crippen LogP contribution in [0.3, 0.4) is 0 Å². The molecule has 1 N–H and O–H groups in total. The van der Waals surface area contributed by atoms with Gasteiger partial charge < -0.3 is 10.1 Å². The van der Waals surface area contributed by atoms with E-state index in [-0.39, 0.29) is 0 Å². The summed E-state index contributed by atoms with van der Waals surface area (Å²) in [6, 6.07) is 0.537. The van der Waals surface area contributed by atoms with Crippen LogP contribution in [0.1, 0.15) is 66.7 Å². The number of hydrogen-bond donors (Lipinski definition) is 1. The second kappa shape index (κ2) is 5.23. The van der Waals surface area contributed by atoms with Crippen LogP contribution in [-0.2, 0) is 4.74 Å². The van der Waals surface area contributed by atoms with Crippen molar-refractivity contribution in [3.05, 3.63) is 0 Å². The Kier molecular flexibility index (Phi) is 3.94. The van der Waals surface area contributed by atoms with Crippen molar-refractivity contribution in [2.75, 3.05) is 7.05 Å². The molecule has 0 aromatic rings. The monoisotopic (exact) mass is 293 g/mol. The van der Waals surface area contributed by atoms with Gasteiger partial charge in [-0.25, -0.2) is 0 Å². The van der Waals surface area contributed by atoms with E-state index in [1.54, 1.807) is 0 Å². The number of rotatable bonds is 3. The van der Waals surface area contributed by atoms with Crippen LogP contribution in [-0.4, -0.2) is 25.3 Å². The fourth-order valence-corrected chi connectivity index (χ4v) is 5.87. The summed E-state index contributed by atoms with van der Waals surface area (Å²) < 4.78 is 6.83. The highest BCUT2D eigenvalue weighted by molar-refractivity contribution is 5.11. The van der Waals surface area contributed by atoms with Gasteiger partial charge >= 0.3 is 0 Å². The van der Waals surface area contributed by atoms with Crippen LogP contribution in [0.2, 0.25) is 0 Å². The van der Waals surface area contributed by atoms with Gasteiger partial charge in [-0.3, -0.25) is 0 Å². The van der Waals surface area contributed by atoms with Crippen LogP contribution in [0.15, 0.2) is 0 Å². The fourth-order valence-electron chi connectivity index (χ4n) is 5.87. The smallest absolute Gasteiger partial charge is 0.0757 e. The van der Waals surface area contributed by atoms with Gasteiger partial charge in [-0.05, 0) is 67.7 Å². The van der Waals surface area contributed by atoms with Gasteiger partial charge in [-0.15, -0.1) is 0 Å². The zero-order chi connectivity index (χ0) is 15.4. The van der Waals surface area contributed by atoms with Crippen LogP contribution in [0.25, 0.3) is 0 Å². The third-order valence-corrected chi connectivity index (χ3v) is 7.79. The first-order chi connectivity index (χ1) is 9.79. The highest BCUT2D eigenvalue weighted by atomic mass is 16.5. The summed E-state index contributed by atoms with van der Waals surface area (Å²) in [5, 5.41) is 3.54. The van der Waals surface area contributed by atoms with Crippen LogP contribution >= 0.6 is 0 Å². The number of fused-ring (bicyclic) bond motifs is 2. The van der Waals surface area contributed by atoms with Gasteiger partial charge in [0.15, 0.2) is 0 Å². The molecule has 0 heterocycles. The average molecular weight is 293 g/mol. The van der Waals surface area contributed by atoms with E-state index in [2.05, 4.69) is 47.0 Å². The Morgan fingerprint density at radius 2 is 1.76 bits per heavy atom. The van der Waals surface area contributed by atoms with Gasteiger partial charge in [0.05, 0.1) is 12.2 Å². The first kappa shape index (κ1) is 15.8. The standard InChI is InChI=1S/C19H35NO/c1-12-9-13(2)17(15(10-12)20-6)21-16-11-14-7-8-19(16,5)18(14,3)4/h12-17,20H,7-11H2,1-6H3. The second-order valence-electron chi connectivity index (χ2n) is 9.15. The Bertz CT molecular complexity index is 393. The van der Waals surface area contributed by atoms with Crippen molar-refractivity contribution in [3.63, 3.8) is 0 Å². The van der Waals surface area contributed by atoms with Crippen LogP contribution in [0.4, 0.5) is 0 Å². The minimum absolute atomic E-state index is 0.388. The van der Waals surface area contributed by atoms with Crippen molar-refractivity contribution in [1.82, 2.24) is 5.32 Å². The average Bonchev–Trinajstić information content (AvgIpc) is 2.74. The zero-order valence-corrected chi connectivity index (χ0v) is 14.9. The van der Waals surface area contributed by atoms with Crippen LogP contribution in [0, 0.1) is 28.6 Å². The van der Waals surface area contributed by atoms with E-state index in [1.807, 2.05) is 0 Å². The molecule has 2 nitrogen and oxygen atoms in total. The zero-order valence-electron chi connectivity index (χ0n) is 14.9. The van der Waals surface area contributed by atoms with E-state index in [0.717, 1.165) is 11.8 Å².